The normalized spacial score (nSPS) is 26.8. The Labute approximate surface area is 96.4 Å². The maximum absolute atomic E-state index is 11.9. The lowest BCUT2D eigenvalue weighted by atomic mass is 9.96. The zero-order valence-corrected chi connectivity index (χ0v) is 10.2. The van der Waals surface area contributed by atoms with Gasteiger partial charge in [0.1, 0.15) is 6.04 Å². The molecule has 3 atom stereocenters. The Morgan fingerprint density at radius 3 is 2.31 bits per heavy atom. The van der Waals surface area contributed by atoms with Crippen LogP contribution >= 0.6 is 0 Å². The van der Waals surface area contributed by atoms with Gasteiger partial charge >= 0.3 is 5.97 Å². The minimum Gasteiger partial charge on any atom is -0.480 e. The highest BCUT2D eigenvalue weighted by Gasteiger charge is 2.32. The standard InChI is InChI=1S/C12H21NO3/c1-7(2)10(12(15)16)13-11(14)9-6-4-5-8(9)3/h7-10H,4-6H2,1-3H3,(H,13,14)(H,15,16)/t8?,9?,10-/m0/s1. The molecule has 16 heavy (non-hydrogen) atoms. The Morgan fingerprint density at radius 1 is 1.31 bits per heavy atom. The Hall–Kier alpha value is -1.06. The van der Waals surface area contributed by atoms with Crippen molar-refractivity contribution in [1.29, 1.82) is 0 Å². The molecule has 0 heterocycles. The summed E-state index contributed by atoms with van der Waals surface area (Å²) in [6.45, 7) is 5.66. The highest BCUT2D eigenvalue weighted by Crippen LogP contribution is 2.31. The molecule has 0 bridgehead atoms. The monoisotopic (exact) mass is 227 g/mol. The highest BCUT2D eigenvalue weighted by molar-refractivity contribution is 5.85. The van der Waals surface area contributed by atoms with Crippen LogP contribution in [0.2, 0.25) is 0 Å². The number of rotatable bonds is 4. The van der Waals surface area contributed by atoms with E-state index in [1.165, 1.54) is 0 Å². The van der Waals surface area contributed by atoms with Crippen LogP contribution in [0.25, 0.3) is 0 Å². The third-order valence-corrected chi connectivity index (χ3v) is 3.43. The fourth-order valence-electron chi connectivity index (χ4n) is 2.31. The number of hydrogen-bond donors (Lipinski definition) is 2. The molecule has 1 aliphatic carbocycles. The molecule has 0 saturated heterocycles. The molecule has 1 amide bonds. The zero-order valence-electron chi connectivity index (χ0n) is 10.2. The fourth-order valence-corrected chi connectivity index (χ4v) is 2.31. The van der Waals surface area contributed by atoms with Crippen LogP contribution in [0.5, 0.6) is 0 Å². The van der Waals surface area contributed by atoms with Gasteiger partial charge in [-0.25, -0.2) is 4.79 Å². The summed E-state index contributed by atoms with van der Waals surface area (Å²) in [5.41, 5.74) is 0. The molecule has 1 fully saturated rings. The van der Waals surface area contributed by atoms with E-state index in [0.29, 0.717) is 5.92 Å². The van der Waals surface area contributed by atoms with Crippen LogP contribution in [-0.4, -0.2) is 23.0 Å². The average Bonchev–Trinajstić information content (AvgIpc) is 2.59. The largest absolute Gasteiger partial charge is 0.480 e. The van der Waals surface area contributed by atoms with Crippen molar-refractivity contribution in [2.75, 3.05) is 0 Å². The van der Waals surface area contributed by atoms with Gasteiger partial charge in [0, 0.05) is 5.92 Å². The topological polar surface area (TPSA) is 66.4 Å². The smallest absolute Gasteiger partial charge is 0.326 e. The zero-order chi connectivity index (χ0) is 12.3. The van der Waals surface area contributed by atoms with Gasteiger partial charge in [-0.15, -0.1) is 0 Å². The van der Waals surface area contributed by atoms with Crippen molar-refractivity contribution < 1.29 is 14.7 Å². The number of aliphatic carboxylic acids is 1. The first-order valence-electron chi connectivity index (χ1n) is 5.96. The minimum absolute atomic E-state index is 0.000556. The van der Waals surface area contributed by atoms with Gasteiger partial charge in [0.15, 0.2) is 0 Å². The number of hydrogen-bond acceptors (Lipinski definition) is 2. The number of carboxylic acid groups (broad SMARTS) is 1. The summed E-state index contributed by atoms with van der Waals surface area (Å²) in [7, 11) is 0. The third kappa shape index (κ3) is 2.97. The number of nitrogens with one attached hydrogen (secondary N) is 1. The van der Waals surface area contributed by atoms with Gasteiger partial charge in [-0.3, -0.25) is 4.79 Å². The third-order valence-electron chi connectivity index (χ3n) is 3.43. The Balaban J connectivity index is 2.58. The van der Waals surface area contributed by atoms with Gasteiger partial charge in [0.2, 0.25) is 5.91 Å². The molecule has 0 aliphatic heterocycles. The molecule has 2 unspecified atom stereocenters. The molecule has 0 aromatic carbocycles. The van der Waals surface area contributed by atoms with Gasteiger partial charge < -0.3 is 10.4 Å². The molecule has 1 saturated carbocycles. The van der Waals surface area contributed by atoms with Crippen LogP contribution in [0.15, 0.2) is 0 Å². The minimum atomic E-state index is -0.950. The lowest BCUT2D eigenvalue weighted by molar-refractivity contribution is -0.144. The van der Waals surface area contributed by atoms with Crippen molar-refractivity contribution >= 4 is 11.9 Å². The predicted molar refractivity (Wildman–Crippen MR) is 60.9 cm³/mol. The van der Waals surface area contributed by atoms with E-state index in [4.69, 9.17) is 5.11 Å². The van der Waals surface area contributed by atoms with E-state index >= 15 is 0 Å². The van der Waals surface area contributed by atoms with Crippen molar-refractivity contribution in [3.8, 4) is 0 Å². The lowest BCUT2D eigenvalue weighted by Crippen LogP contribution is -2.47. The van der Waals surface area contributed by atoms with Gasteiger partial charge in [0.25, 0.3) is 0 Å². The van der Waals surface area contributed by atoms with Gasteiger partial charge in [-0.05, 0) is 24.7 Å². The molecule has 4 heteroatoms. The van der Waals surface area contributed by atoms with E-state index in [0.717, 1.165) is 19.3 Å². The van der Waals surface area contributed by atoms with E-state index in [-0.39, 0.29) is 17.7 Å². The summed E-state index contributed by atoms with van der Waals surface area (Å²) in [4.78, 5) is 22.9. The first-order chi connectivity index (χ1) is 7.43. The molecule has 1 aliphatic rings. The molecule has 0 aromatic rings. The van der Waals surface area contributed by atoms with Crippen LogP contribution in [0, 0.1) is 17.8 Å². The summed E-state index contributed by atoms with van der Waals surface area (Å²) in [5, 5.41) is 11.6. The highest BCUT2D eigenvalue weighted by atomic mass is 16.4. The van der Waals surface area contributed by atoms with Crippen molar-refractivity contribution in [1.82, 2.24) is 5.32 Å². The van der Waals surface area contributed by atoms with Crippen molar-refractivity contribution in [2.45, 2.75) is 46.1 Å². The molecule has 2 N–H and O–H groups in total. The number of carboxylic acids is 1. The number of amides is 1. The van der Waals surface area contributed by atoms with E-state index < -0.39 is 12.0 Å². The van der Waals surface area contributed by atoms with Crippen LogP contribution in [0.1, 0.15) is 40.0 Å². The second-order valence-corrected chi connectivity index (χ2v) is 5.08. The average molecular weight is 227 g/mol. The van der Waals surface area contributed by atoms with E-state index in [2.05, 4.69) is 12.2 Å². The van der Waals surface area contributed by atoms with Crippen LogP contribution in [0.3, 0.4) is 0 Å². The number of carbonyl (C=O) groups is 2. The van der Waals surface area contributed by atoms with E-state index in [1.54, 1.807) is 13.8 Å². The summed E-state index contributed by atoms with van der Waals surface area (Å²) in [5.74, 6) is -0.750. The molecule has 92 valence electrons. The molecule has 4 nitrogen and oxygen atoms in total. The molecular formula is C12H21NO3. The maximum Gasteiger partial charge on any atom is 0.326 e. The van der Waals surface area contributed by atoms with Crippen molar-refractivity contribution in [2.24, 2.45) is 17.8 Å². The molecule has 0 radical (unpaired) electrons. The summed E-state index contributed by atoms with van der Waals surface area (Å²) < 4.78 is 0. The second kappa shape index (κ2) is 5.32. The van der Waals surface area contributed by atoms with Crippen LogP contribution < -0.4 is 5.32 Å². The van der Waals surface area contributed by atoms with Crippen LogP contribution in [0.4, 0.5) is 0 Å². The van der Waals surface area contributed by atoms with Gasteiger partial charge in [-0.1, -0.05) is 27.2 Å². The SMILES string of the molecule is CC1CCCC1C(=O)N[C@H](C(=O)O)C(C)C. The van der Waals surface area contributed by atoms with E-state index in [9.17, 15) is 9.59 Å². The molecular weight excluding hydrogens is 206 g/mol. The summed E-state index contributed by atoms with van der Waals surface area (Å²) >= 11 is 0. The maximum atomic E-state index is 11.9. The van der Waals surface area contributed by atoms with Crippen molar-refractivity contribution in [3.63, 3.8) is 0 Å². The summed E-state index contributed by atoms with van der Waals surface area (Å²) in [6, 6.07) is -0.764. The quantitative estimate of drug-likeness (QED) is 0.767. The lowest BCUT2D eigenvalue weighted by Gasteiger charge is -2.22. The Morgan fingerprint density at radius 2 is 1.94 bits per heavy atom. The molecule has 1 rings (SSSR count). The van der Waals surface area contributed by atoms with Gasteiger partial charge in [-0.2, -0.15) is 0 Å². The first kappa shape index (κ1) is 13.0. The van der Waals surface area contributed by atoms with Crippen LogP contribution in [-0.2, 0) is 9.59 Å². The van der Waals surface area contributed by atoms with E-state index in [1.807, 2.05) is 0 Å². The number of carbonyl (C=O) groups excluding carboxylic acids is 1. The Bertz CT molecular complexity index is 275. The molecule has 0 spiro atoms. The fraction of sp³-hybridized carbons (Fsp3) is 0.833. The molecule has 0 aromatic heterocycles. The second-order valence-electron chi connectivity index (χ2n) is 5.08. The van der Waals surface area contributed by atoms with Gasteiger partial charge in [0.05, 0.1) is 0 Å². The predicted octanol–water partition coefficient (Wildman–Crippen LogP) is 1.65. The van der Waals surface area contributed by atoms with Crippen molar-refractivity contribution in [3.05, 3.63) is 0 Å². The Kier molecular flexibility index (Phi) is 4.33. The summed E-state index contributed by atoms with van der Waals surface area (Å²) in [6.07, 6.45) is 3.02. The first-order valence-corrected chi connectivity index (χ1v) is 5.96.